The van der Waals surface area contributed by atoms with Crippen molar-refractivity contribution in [2.75, 3.05) is 11.9 Å². The molecular weight excluding hydrogens is 386 g/mol. The number of nitrogens with zero attached hydrogens (tertiary/aromatic N) is 4. The van der Waals surface area contributed by atoms with E-state index in [-0.39, 0.29) is 12.1 Å². The number of anilines is 1. The van der Waals surface area contributed by atoms with Crippen molar-refractivity contribution in [3.05, 3.63) is 60.5 Å². The van der Waals surface area contributed by atoms with Crippen LogP contribution in [-0.2, 0) is 0 Å². The zero-order valence-electron chi connectivity index (χ0n) is 15.6. The normalized spacial score (nSPS) is 16.8. The smallest absolute Gasteiger partial charge is 0.324 e. The molecule has 0 spiro atoms. The fraction of sp³-hybridized carbons (Fsp3) is 0.238. The molecule has 8 heteroatoms. The number of thiazole rings is 1. The minimum absolute atomic E-state index is 0.187. The molecule has 3 heterocycles. The van der Waals surface area contributed by atoms with E-state index in [1.165, 1.54) is 11.3 Å². The standard InChI is InChI=1S/C21H19N5O2S/c27-21(24-20-22-15-10-4-5-12-17(15)29-20)26-13-7-6-11-16(26)19-23-18(25-28-19)14-8-2-1-3-9-14/h1-5,8-10,12,16H,6-7,11,13H2,(H,22,24,27). The van der Waals surface area contributed by atoms with Crippen LogP contribution in [0.4, 0.5) is 9.93 Å². The van der Waals surface area contributed by atoms with Crippen molar-refractivity contribution in [2.45, 2.75) is 25.3 Å². The number of fused-ring (bicyclic) bond motifs is 1. The molecular formula is C21H19N5O2S. The van der Waals surface area contributed by atoms with Gasteiger partial charge in [0.2, 0.25) is 11.7 Å². The van der Waals surface area contributed by atoms with Crippen LogP contribution < -0.4 is 5.32 Å². The van der Waals surface area contributed by atoms with E-state index in [2.05, 4.69) is 20.4 Å². The summed E-state index contributed by atoms with van der Waals surface area (Å²) in [6, 6.07) is 17.1. The lowest BCUT2D eigenvalue weighted by atomic mass is 10.0. The maximum atomic E-state index is 13.0. The van der Waals surface area contributed by atoms with Crippen LogP contribution in [0, 0.1) is 0 Å². The molecule has 1 saturated heterocycles. The van der Waals surface area contributed by atoms with E-state index in [0.717, 1.165) is 35.0 Å². The number of hydrogen-bond acceptors (Lipinski definition) is 6. The number of carbonyl (C=O) groups excluding carboxylic acids is 1. The van der Waals surface area contributed by atoms with Crippen LogP contribution in [0.15, 0.2) is 59.1 Å². The van der Waals surface area contributed by atoms with E-state index in [4.69, 9.17) is 4.52 Å². The summed E-state index contributed by atoms with van der Waals surface area (Å²) in [7, 11) is 0. The molecule has 0 aliphatic carbocycles. The monoisotopic (exact) mass is 405 g/mol. The maximum Gasteiger partial charge on any atom is 0.324 e. The minimum atomic E-state index is -0.233. The predicted octanol–water partition coefficient (Wildman–Crippen LogP) is 5.11. The molecule has 146 valence electrons. The maximum absolute atomic E-state index is 13.0. The zero-order chi connectivity index (χ0) is 19.6. The molecule has 2 aromatic heterocycles. The van der Waals surface area contributed by atoms with Crippen molar-refractivity contribution in [1.82, 2.24) is 20.0 Å². The highest BCUT2D eigenvalue weighted by Gasteiger charge is 2.32. The average molecular weight is 405 g/mol. The number of benzene rings is 2. The van der Waals surface area contributed by atoms with Crippen LogP contribution in [0.5, 0.6) is 0 Å². The van der Waals surface area contributed by atoms with Crippen LogP contribution in [0.2, 0.25) is 0 Å². The molecule has 1 aliphatic rings. The van der Waals surface area contributed by atoms with Gasteiger partial charge in [0.1, 0.15) is 6.04 Å². The Labute approximate surface area is 171 Å². The Kier molecular flexibility index (Phi) is 4.69. The number of likely N-dealkylation sites (tertiary alicyclic amines) is 1. The first kappa shape index (κ1) is 17.8. The Balaban J connectivity index is 1.37. The summed E-state index contributed by atoms with van der Waals surface area (Å²) in [5.74, 6) is 1.01. The summed E-state index contributed by atoms with van der Waals surface area (Å²) in [5.41, 5.74) is 1.77. The molecule has 1 aliphatic heterocycles. The third-order valence-electron chi connectivity index (χ3n) is 5.03. The molecule has 0 saturated carbocycles. The second kappa shape index (κ2) is 7.63. The van der Waals surface area contributed by atoms with Gasteiger partial charge in [0.05, 0.1) is 10.2 Å². The lowest BCUT2D eigenvalue weighted by Crippen LogP contribution is -2.41. The van der Waals surface area contributed by atoms with Crippen molar-refractivity contribution >= 4 is 32.7 Å². The summed E-state index contributed by atoms with van der Waals surface area (Å²) in [4.78, 5) is 23.8. The fourth-order valence-corrected chi connectivity index (χ4v) is 4.45. The van der Waals surface area contributed by atoms with Gasteiger partial charge in [0.25, 0.3) is 0 Å². The van der Waals surface area contributed by atoms with Crippen LogP contribution in [0.1, 0.15) is 31.2 Å². The van der Waals surface area contributed by atoms with E-state index >= 15 is 0 Å². The van der Waals surface area contributed by atoms with Crippen molar-refractivity contribution in [2.24, 2.45) is 0 Å². The quantitative estimate of drug-likeness (QED) is 0.512. The van der Waals surface area contributed by atoms with Crippen molar-refractivity contribution in [3.8, 4) is 11.4 Å². The Morgan fingerprint density at radius 1 is 1.07 bits per heavy atom. The molecule has 1 unspecified atom stereocenters. The fourth-order valence-electron chi connectivity index (χ4n) is 3.60. The minimum Gasteiger partial charge on any atom is -0.337 e. The molecule has 4 aromatic rings. The van der Waals surface area contributed by atoms with Crippen LogP contribution in [0.25, 0.3) is 21.6 Å². The number of para-hydroxylation sites is 1. The van der Waals surface area contributed by atoms with E-state index in [1.807, 2.05) is 54.6 Å². The Morgan fingerprint density at radius 3 is 2.76 bits per heavy atom. The number of carbonyl (C=O) groups is 1. The first-order chi connectivity index (χ1) is 14.3. The van der Waals surface area contributed by atoms with Crippen LogP contribution in [-0.4, -0.2) is 32.6 Å². The van der Waals surface area contributed by atoms with Gasteiger partial charge in [-0.15, -0.1) is 0 Å². The first-order valence-corrected chi connectivity index (χ1v) is 10.4. The van der Waals surface area contributed by atoms with E-state index in [0.29, 0.717) is 23.4 Å². The SMILES string of the molecule is O=C(Nc1nc2ccccc2s1)N1CCCCC1c1nc(-c2ccccc2)no1. The average Bonchev–Trinajstić information content (AvgIpc) is 3.41. The molecule has 2 amide bonds. The third-order valence-corrected chi connectivity index (χ3v) is 5.98. The number of amides is 2. The van der Waals surface area contributed by atoms with Gasteiger partial charge in [-0.3, -0.25) is 5.32 Å². The van der Waals surface area contributed by atoms with E-state index in [1.54, 1.807) is 4.90 Å². The third kappa shape index (κ3) is 3.58. The first-order valence-electron chi connectivity index (χ1n) is 9.60. The summed E-state index contributed by atoms with van der Waals surface area (Å²) < 4.78 is 6.59. The summed E-state index contributed by atoms with van der Waals surface area (Å²) in [6.45, 7) is 0.643. The molecule has 0 radical (unpaired) electrons. The topological polar surface area (TPSA) is 84.2 Å². The highest BCUT2D eigenvalue weighted by molar-refractivity contribution is 7.22. The van der Waals surface area contributed by atoms with E-state index < -0.39 is 0 Å². The van der Waals surface area contributed by atoms with Gasteiger partial charge in [-0.2, -0.15) is 4.98 Å². The van der Waals surface area contributed by atoms with E-state index in [9.17, 15) is 4.79 Å². The van der Waals surface area contributed by atoms with Crippen LogP contribution in [0.3, 0.4) is 0 Å². The van der Waals surface area contributed by atoms with Gasteiger partial charge in [-0.05, 0) is 31.4 Å². The lowest BCUT2D eigenvalue weighted by Gasteiger charge is -2.33. The van der Waals surface area contributed by atoms with Gasteiger partial charge >= 0.3 is 6.03 Å². The highest BCUT2D eigenvalue weighted by atomic mass is 32.1. The van der Waals surface area contributed by atoms with Gasteiger partial charge in [-0.25, -0.2) is 9.78 Å². The van der Waals surface area contributed by atoms with Crippen molar-refractivity contribution in [1.29, 1.82) is 0 Å². The molecule has 0 bridgehead atoms. The number of hydrogen-bond donors (Lipinski definition) is 1. The summed E-state index contributed by atoms with van der Waals surface area (Å²) in [5, 5.41) is 7.65. The number of aromatic nitrogens is 3. The lowest BCUT2D eigenvalue weighted by molar-refractivity contribution is 0.142. The molecule has 29 heavy (non-hydrogen) atoms. The number of rotatable bonds is 3. The Hall–Kier alpha value is -3.26. The Bertz CT molecular complexity index is 1110. The molecule has 1 atom stereocenters. The largest absolute Gasteiger partial charge is 0.337 e. The van der Waals surface area contributed by atoms with Gasteiger partial charge in [0.15, 0.2) is 5.13 Å². The van der Waals surface area contributed by atoms with Crippen LogP contribution >= 0.6 is 11.3 Å². The van der Waals surface area contributed by atoms with Crippen molar-refractivity contribution in [3.63, 3.8) is 0 Å². The van der Waals surface area contributed by atoms with Gasteiger partial charge in [0, 0.05) is 12.1 Å². The molecule has 1 fully saturated rings. The second-order valence-electron chi connectivity index (χ2n) is 6.94. The molecule has 2 aromatic carbocycles. The summed E-state index contributed by atoms with van der Waals surface area (Å²) >= 11 is 1.47. The van der Waals surface area contributed by atoms with Crippen molar-refractivity contribution < 1.29 is 9.32 Å². The second-order valence-corrected chi connectivity index (χ2v) is 7.97. The Morgan fingerprint density at radius 2 is 1.90 bits per heavy atom. The molecule has 1 N–H and O–H groups in total. The zero-order valence-corrected chi connectivity index (χ0v) is 16.4. The van der Waals surface area contributed by atoms with Gasteiger partial charge < -0.3 is 9.42 Å². The number of piperidine rings is 1. The molecule has 5 rings (SSSR count). The number of urea groups is 1. The highest BCUT2D eigenvalue weighted by Crippen LogP contribution is 2.32. The molecule has 7 nitrogen and oxygen atoms in total. The number of nitrogens with one attached hydrogen (secondary N) is 1. The predicted molar refractivity (Wildman–Crippen MR) is 112 cm³/mol. The van der Waals surface area contributed by atoms with Gasteiger partial charge in [-0.1, -0.05) is 59.0 Å². The summed E-state index contributed by atoms with van der Waals surface area (Å²) in [6.07, 6.45) is 2.76.